The van der Waals surface area contributed by atoms with Gasteiger partial charge >= 0.3 is 5.97 Å². The number of hydrogen-bond acceptors (Lipinski definition) is 4. The first-order valence-corrected chi connectivity index (χ1v) is 7.94. The lowest BCUT2D eigenvalue weighted by atomic mass is 9.71. The first kappa shape index (κ1) is 14.8. The number of allylic oxidation sites excluding steroid dienone is 1. The standard InChI is InChI=1S/C19H17NO4/c1-24-18(23)14-16(21)15-13(12-6-3-2-4-7-12)8-11-20(15)19(17(14)22)9-5-10-19/h2-4,6-8,11,22H,5,9-10H2,1H3. The van der Waals surface area contributed by atoms with Crippen molar-refractivity contribution in [3.63, 3.8) is 0 Å². The summed E-state index contributed by atoms with van der Waals surface area (Å²) in [6.45, 7) is 0. The Hall–Kier alpha value is -2.82. The van der Waals surface area contributed by atoms with Gasteiger partial charge in [-0.1, -0.05) is 30.3 Å². The Bertz CT molecular complexity index is 872. The molecule has 2 heterocycles. The summed E-state index contributed by atoms with van der Waals surface area (Å²) < 4.78 is 6.58. The number of ether oxygens (including phenoxy) is 1. The van der Waals surface area contributed by atoms with Gasteiger partial charge in [0.2, 0.25) is 5.78 Å². The fourth-order valence-corrected chi connectivity index (χ4v) is 3.72. The van der Waals surface area contributed by atoms with Crippen LogP contribution < -0.4 is 0 Å². The Labute approximate surface area is 139 Å². The molecule has 0 unspecified atom stereocenters. The minimum atomic E-state index is -0.782. The smallest absolute Gasteiger partial charge is 0.345 e. The second-order valence-corrected chi connectivity index (χ2v) is 6.24. The summed E-state index contributed by atoms with van der Waals surface area (Å²) in [6.07, 6.45) is 4.16. The number of rotatable bonds is 2. The summed E-state index contributed by atoms with van der Waals surface area (Å²) >= 11 is 0. The third-order valence-corrected chi connectivity index (χ3v) is 5.12. The number of methoxy groups -OCH3 is 1. The van der Waals surface area contributed by atoms with Crippen molar-refractivity contribution in [1.82, 2.24) is 4.57 Å². The summed E-state index contributed by atoms with van der Waals surface area (Å²) in [7, 11) is 1.22. The number of ketones is 1. The van der Waals surface area contributed by atoms with Crippen LogP contribution in [0.2, 0.25) is 0 Å². The van der Waals surface area contributed by atoms with Crippen LogP contribution in [0.15, 0.2) is 53.9 Å². The molecule has 1 aliphatic heterocycles. The SMILES string of the molecule is COC(=O)C1=C(O)C2(CCC2)n2ccc(-c3ccccc3)c2C1=O. The highest BCUT2D eigenvalue weighted by Crippen LogP contribution is 2.50. The van der Waals surface area contributed by atoms with Gasteiger partial charge in [0.1, 0.15) is 16.9 Å². The largest absolute Gasteiger partial charge is 0.509 e. The number of esters is 1. The second kappa shape index (κ2) is 5.09. The van der Waals surface area contributed by atoms with E-state index in [1.165, 1.54) is 7.11 Å². The van der Waals surface area contributed by atoms with E-state index >= 15 is 0 Å². The molecular formula is C19H17NO4. The molecule has 0 amide bonds. The summed E-state index contributed by atoms with van der Waals surface area (Å²) in [5, 5.41) is 10.7. The molecule has 1 aliphatic carbocycles. The van der Waals surface area contributed by atoms with Crippen LogP contribution in [0.5, 0.6) is 0 Å². The number of carbonyl (C=O) groups is 2. The van der Waals surface area contributed by atoms with Crippen LogP contribution in [-0.4, -0.2) is 28.5 Å². The van der Waals surface area contributed by atoms with Crippen LogP contribution in [0, 0.1) is 0 Å². The van der Waals surface area contributed by atoms with E-state index in [1.54, 1.807) is 0 Å². The van der Waals surface area contributed by atoms with E-state index in [9.17, 15) is 14.7 Å². The zero-order valence-electron chi connectivity index (χ0n) is 13.3. The molecule has 2 aromatic rings. The average molecular weight is 323 g/mol. The molecule has 0 atom stereocenters. The lowest BCUT2D eigenvalue weighted by Crippen LogP contribution is -2.48. The number of fused-ring (bicyclic) bond motifs is 2. The van der Waals surface area contributed by atoms with Gasteiger partial charge in [0, 0.05) is 11.8 Å². The fourth-order valence-electron chi connectivity index (χ4n) is 3.72. The molecule has 1 saturated carbocycles. The number of aliphatic hydroxyl groups excluding tert-OH is 1. The Morgan fingerprint density at radius 1 is 1.21 bits per heavy atom. The van der Waals surface area contributed by atoms with E-state index in [4.69, 9.17) is 4.74 Å². The van der Waals surface area contributed by atoms with E-state index in [2.05, 4.69) is 0 Å². The van der Waals surface area contributed by atoms with Crippen LogP contribution >= 0.6 is 0 Å². The third-order valence-electron chi connectivity index (χ3n) is 5.12. The maximum absolute atomic E-state index is 13.0. The fraction of sp³-hybridized carbons (Fsp3) is 0.263. The van der Waals surface area contributed by atoms with Crippen LogP contribution in [-0.2, 0) is 15.1 Å². The highest BCUT2D eigenvalue weighted by atomic mass is 16.5. The molecule has 0 bridgehead atoms. The Morgan fingerprint density at radius 2 is 1.92 bits per heavy atom. The highest BCUT2D eigenvalue weighted by molar-refractivity contribution is 6.26. The predicted octanol–water partition coefficient (Wildman–Crippen LogP) is 3.22. The Morgan fingerprint density at radius 3 is 2.50 bits per heavy atom. The summed E-state index contributed by atoms with van der Waals surface area (Å²) in [5.41, 5.74) is 1.18. The van der Waals surface area contributed by atoms with Crippen LogP contribution in [0.3, 0.4) is 0 Å². The van der Waals surface area contributed by atoms with E-state index < -0.39 is 17.3 Å². The van der Waals surface area contributed by atoms with Gasteiger partial charge in [-0.05, 0) is 30.9 Å². The minimum absolute atomic E-state index is 0.159. The van der Waals surface area contributed by atoms with Gasteiger partial charge in [0.05, 0.1) is 12.8 Å². The number of nitrogens with zero attached hydrogens (tertiary/aromatic N) is 1. The van der Waals surface area contributed by atoms with Gasteiger partial charge in [-0.15, -0.1) is 0 Å². The number of carbonyl (C=O) groups excluding carboxylic acids is 2. The summed E-state index contributed by atoms with van der Waals surface area (Å²) in [4.78, 5) is 25.1. The Balaban J connectivity index is 1.96. The average Bonchev–Trinajstić information content (AvgIpc) is 2.99. The maximum atomic E-state index is 13.0. The predicted molar refractivity (Wildman–Crippen MR) is 87.7 cm³/mol. The van der Waals surface area contributed by atoms with Gasteiger partial charge in [0.25, 0.3) is 0 Å². The Kier molecular flexibility index (Phi) is 3.13. The summed E-state index contributed by atoms with van der Waals surface area (Å²) in [6, 6.07) is 11.4. The van der Waals surface area contributed by atoms with Gasteiger partial charge in [-0.3, -0.25) is 4.79 Å². The van der Waals surface area contributed by atoms with Crippen LogP contribution in [0.1, 0.15) is 29.8 Å². The molecule has 1 fully saturated rings. The second-order valence-electron chi connectivity index (χ2n) is 6.24. The van der Waals surface area contributed by atoms with Crippen molar-refractivity contribution >= 4 is 11.8 Å². The summed E-state index contributed by atoms with van der Waals surface area (Å²) in [5.74, 6) is -1.43. The number of benzene rings is 1. The zero-order valence-corrected chi connectivity index (χ0v) is 13.3. The lowest BCUT2D eigenvalue weighted by Gasteiger charge is -2.46. The zero-order chi connectivity index (χ0) is 16.9. The van der Waals surface area contributed by atoms with Crippen LogP contribution in [0.4, 0.5) is 0 Å². The number of aliphatic hydroxyl groups is 1. The molecule has 24 heavy (non-hydrogen) atoms. The normalized spacial score (nSPS) is 18.3. The van der Waals surface area contributed by atoms with Gasteiger partial charge in [-0.2, -0.15) is 0 Å². The molecule has 1 spiro atoms. The molecule has 0 radical (unpaired) electrons. The van der Waals surface area contributed by atoms with Crippen molar-refractivity contribution < 1.29 is 19.4 Å². The molecule has 0 saturated heterocycles. The molecule has 5 heteroatoms. The van der Waals surface area contributed by atoms with Crippen molar-refractivity contribution in [2.24, 2.45) is 0 Å². The molecule has 4 rings (SSSR count). The van der Waals surface area contributed by atoms with E-state index in [0.717, 1.165) is 17.5 Å². The van der Waals surface area contributed by atoms with Gasteiger partial charge in [0.15, 0.2) is 0 Å². The topological polar surface area (TPSA) is 68.5 Å². The minimum Gasteiger partial charge on any atom is -0.509 e. The van der Waals surface area contributed by atoms with E-state index in [-0.39, 0.29) is 11.3 Å². The monoisotopic (exact) mass is 323 g/mol. The molecule has 1 N–H and O–H groups in total. The molecule has 122 valence electrons. The van der Waals surface area contributed by atoms with Crippen LogP contribution in [0.25, 0.3) is 11.1 Å². The van der Waals surface area contributed by atoms with Crippen molar-refractivity contribution in [3.8, 4) is 11.1 Å². The first-order valence-electron chi connectivity index (χ1n) is 7.94. The van der Waals surface area contributed by atoms with Crippen molar-refractivity contribution in [3.05, 3.63) is 59.6 Å². The molecule has 2 aliphatic rings. The van der Waals surface area contributed by atoms with Crippen molar-refractivity contribution in [2.75, 3.05) is 7.11 Å². The van der Waals surface area contributed by atoms with E-state index in [1.807, 2.05) is 47.2 Å². The highest BCUT2D eigenvalue weighted by Gasteiger charge is 2.52. The van der Waals surface area contributed by atoms with Crippen molar-refractivity contribution in [2.45, 2.75) is 24.8 Å². The molecule has 5 nitrogen and oxygen atoms in total. The first-order chi connectivity index (χ1) is 11.6. The lowest BCUT2D eigenvalue weighted by molar-refractivity contribution is -0.136. The quantitative estimate of drug-likeness (QED) is 0.680. The number of hydrogen-bond donors (Lipinski definition) is 1. The van der Waals surface area contributed by atoms with E-state index in [0.29, 0.717) is 18.5 Å². The molecule has 1 aromatic carbocycles. The third kappa shape index (κ3) is 1.75. The van der Waals surface area contributed by atoms with Crippen molar-refractivity contribution in [1.29, 1.82) is 0 Å². The molecular weight excluding hydrogens is 306 g/mol. The van der Waals surface area contributed by atoms with Gasteiger partial charge in [-0.25, -0.2) is 4.79 Å². The number of aromatic nitrogens is 1. The maximum Gasteiger partial charge on any atom is 0.345 e. The molecule has 1 aromatic heterocycles. The number of Topliss-reactive ketones (excluding diaryl/α,β-unsaturated/α-hetero) is 1. The van der Waals surface area contributed by atoms with Gasteiger partial charge < -0.3 is 14.4 Å².